The lowest BCUT2D eigenvalue weighted by Gasteiger charge is -2.41. The predicted octanol–water partition coefficient (Wildman–Crippen LogP) is 3.41. The number of amides is 2. The van der Waals surface area contributed by atoms with Gasteiger partial charge in [0.1, 0.15) is 11.9 Å². The standard InChI is InChI=1S/C21H27F3N2O6/c1-13-9-14(3-4-18(13)32-21(22,23)24)15-10-17(31-20(29)30-2)12-26(11-15)19(28)25-7-5-16(27)6-8-25/h3-4,9,15-17,27H,5-8,10-12H2,1-2H3. The average Bonchev–Trinajstić information content (AvgIpc) is 2.74. The highest BCUT2D eigenvalue weighted by Gasteiger charge is 2.36. The van der Waals surface area contributed by atoms with Gasteiger partial charge in [-0.15, -0.1) is 13.2 Å². The van der Waals surface area contributed by atoms with Crippen molar-refractivity contribution in [2.24, 2.45) is 0 Å². The number of aliphatic hydroxyl groups is 1. The van der Waals surface area contributed by atoms with E-state index in [-0.39, 0.29) is 24.2 Å². The Labute approximate surface area is 183 Å². The smallest absolute Gasteiger partial charge is 0.438 e. The zero-order valence-electron chi connectivity index (χ0n) is 17.9. The Morgan fingerprint density at radius 2 is 1.81 bits per heavy atom. The number of rotatable bonds is 3. The van der Waals surface area contributed by atoms with Gasteiger partial charge in [-0.2, -0.15) is 0 Å². The molecule has 2 atom stereocenters. The number of hydrogen-bond acceptors (Lipinski definition) is 6. The molecule has 8 nitrogen and oxygen atoms in total. The van der Waals surface area contributed by atoms with Crippen molar-refractivity contribution in [1.82, 2.24) is 9.80 Å². The van der Waals surface area contributed by atoms with Crippen molar-refractivity contribution in [2.45, 2.75) is 50.7 Å². The Morgan fingerprint density at radius 3 is 2.41 bits per heavy atom. The zero-order chi connectivity index (χ0) is 23.5. The van der Waals surface area contributed by atoms with Gasteiger partial charge >= 0.3 is 18.5 Å². The maximum atomic E-state index is 13.1. The van der Waals surface area contributed by atoms with Gasteiger partial charge in [-0.25, -0.2) is 9.59 Å². The largest absolute Gasteiger partial charge is 0.573 e. The monoisotopic (exact) mass is 460 g/mol. The van der Waals surface area contributed by atoms with Gasteiger partial charge in [-0.3, -0.25) is 0 Å². The molecule has 178 valence electrons. The van der Waals surface area contributed by atoms with E-state index in [9.17, 15) is 27.9 Å². The van der Waals surface area contributed by atoms with Gasteiger partial charge in [0.15, 0.2) is 0 Å². The van der Waals surface area contributed by atoms with Gasteiger partial charge < -0.3 is 29.1 Å². The second-order valence-electron chi connectivity index (χ2n) is 8.11. The lowest BCUT2D eigenvalue weighted by atomic mass is 9.88. The Kier molecular flexibility index (Phi) is 7.37. The van der Waals surface area contributed by atoms with Gasteiger partial charge in [0.25, 0.3) is 0 Å². The summed E-state index contributed by atoms with van der Waals surface area (Å²) in [5.74, 6) is -0.560. The van der Waals surface area contributed by atoms with Crippen LogP contribution in [-0.2, 0) is 9.47 Å². The summed E-state index contributed by atoms with van der Waals surface area (Å²) >= 11 is 0. The zero-order valence-corrected chi connectivity index (χ0v) is 17.9. The molecule has 2 amide bonds. The number of nitrogens with zero attached hydrogens (tertiary/aromatic N) is 2. The number of aryl methyl sites for hydroxylation is 1. The molecular formula is C21H27F3N2O6. The Hall–Kier alpha value is -2.69. The van der Waals surface area contributed by atoms with Crippen molar-refractivity contribution in [3.05, 3.63) is 29.3 Å². The third-order valence-electron chi connectivity index (χ3n) is 5.74. The highest BCUT2D eigenvalue weighted by Crippen LogP contribution is 2.33. The van der Waals surface area contributed by atoms with Crippen LogP contribution in [0, 0.1) is 6.92 Å². The van der Waals surface area contributed by atoms with Crippen molar-refractivity contribution in [1.29, 1.82) is 0 Å². The maximum absolute atomic E-state index is 13.1. The summed E-state index contributed by atoms with van der Waals surface area (Å²) in [5.41, 5.74) is 1.01. The van der Waals surface area contributed by atoms with Crippen molar-refractivity contribution in [3.8, 4) is 5.75 Å². The summed E-state index contributed by atoms with van der Waals surface area (Å²) in [6, 6.07) is 4.14. The number of methoxy groups -OCH3 is 1. The number of benzene rings is 1. The van der Waals surface area contributed by atoms with Crippen LogP contribution in [0.1, 0.15) is 36.3 Å². The number of piperidine rings is 2. The fourth-order valence-electron chi connectivity index (χ4n) is 4.14. The number of hydrogen-bond donors (Lipinski definition) is 1. The molecule has 3 rings (SSSR count). The van der Waals surface area contributed by atoms with E-state index in [2.05, 4.69) is 9.47 Å². The van der Waals surface area contributed by atoms with Crippen LogP contribution in [0.3, 0.4) is 0 Å². The van der Waals surface area contributed by atoms with Crippen LogP contribution in [0.4, 0.5) is 22.8 Å². The van der Waals surface area contributed by atoms with E-state index < -0.39 is 24.7 Å². The molecule has 1 aromatic carbocycles. The lowest BCUT2D eigenvalue weighted by molar-refractivity contribution is -0.274. The van der Waals surface area contributed by atoms with E-state index in [0.717, 1.165) is 0 Å². The van der Waals surface area contributed by atoms with E-state index in [1.54, 1.807) is 15.9 Å². The minimum Gasteiger partial charge on any atom is -0.438 e. The summed E-state index contributed by atoms with van der Waals surface area (Å²) < 4.78 is 51.6. The Balaban J connectivity index is 1.78. The molecule has 0 saturated carbocycles. The highest BCUT2D eigenvalue weighted by atomic mass is 19.4. The molecule has 2 heterocycles. The number of likely N-dealkylation sites (tertiary alicyclic amines) is 2. The van der Waals surface area contributed by atoms with Crippen LogP contribution in [0.5, 0.6) is 5.75 Å². The Bertz CT molecular complexity index is 826. The van der Waals surface area contributed by atoms with E-state index in [0.29, 0.717) is 50.0 Å². The molecule has 0 aromatic heterocycles. The molecule has 2 aliphatic rings. The SMILES string of the molecule is COC(=O)OC1CC(c2ccc(OC(F)(F)F)c(C)c2)CN(C(=O)N2CCC(O)CC2)C1. The average molecular weight is 460 g/mol. The Morgan fingerprint density at radius 1 is 1.12 bits per heavy atom. The van der Waals surface area contributed by atoms with E-state index in [1.807, 2.05) is 0 Å². The molecule has 0 aliphatic carbocycles. The second-order valence-corrected chi connectivity index (χ2v) is 8.11. The van der Waals surface area contributed by atoms with Gasteiger partial charge in [-0.05, 0) is 43.4 Å². The van der Waals surface area contributed by atoms with Crippen LogP contribution in [0.15, 0.2) is 18.2 Å². The normalized spacial score (nSPS) is 22.4. The third-order valence-corrected chi connectivity index (χ3v) is 5.74. The first-order valence-electron chi connectivity index (χ1n) is 10.4. The highest BCUT2D eigenvalue weighted by molar-refractivity contribution is 5.75. The van der Waals surface area contributed by atoms with Crippen LogP contribution in [-0.4, -0.2) is 79.0 Å². The molecule has 0 spiro atoms. The molecule has 0 bridgehead atoms. The molecule has 11 heteroatoms. The number of carbonyl (C=O) groups excluding carboxylic acids is 2. The molecule has 1 aromatic rings. The van der Waals surface area contributed by atoms with E-state index in [1.165, 1.54) is 26.2 Å². The summed E-state index contributed by atoms with van der Waals surface area (Å²) in [6.07, 6.45) is -5.35. The summed E-state index contributed by atoms with van der Waals surface area (Å²) in [5, 5.41) is 9.69. The molecular weight excluding hydrogens is 433 g/mol. The van der Waals surface area contributed by atoms with Gasteiger partial charge in [0, 0.05) is 25.6 Å². The van der Waals surface area contributed by atoms with Crippen molar-refractivity contribution in [2.75, 3.05) is 33.3 Å². The van der Waals surface area contributed by atoms with Gasteiger partial charge in [-0.1, -0.05) is 12.1 Å². The summed E-state index contributed by atoms with van der Waals surface area (Å²) in [6.45, 7) is 2.85. The van der Waals surface area contributed by atoms with Crippen molar-refractivity contribution >= 4 is 12.2 Å². The van der Waals surface area contributed by atoms with Crippen molar-refractivity contribution in [3.63, 3.8) is 0 Å². The van der Waals surface area contributed by atoms with Gasteiger partial charge in [0.05, 0.1) is 19.8 Å². The summed E-state index contributed by atoms with van der Waals surface area (Å²) in [4.78, 5) is 28.0. The number of ether oxygens (including phenoxy) is 3. The molecule has 1 N–H and O–H groups in total. The third kappa shape index (κ3) is 6.18. The molecule has 2 aliphatic heterocycles. The van der Waals surface area contributed by atoms with E-state index >= 15 is 0 Å². The van der Waals surface area contributed by atoms with Crippen LogP contribution in [0.25, 0.3) is 0 Å². The van der Waals surface area contributed by atoms with Gasteiger partial charge in [0.2, 0.25) is 0 Å². The fraction of sp³-hybridized carbons (Fsp3) is 0.619. The number of halogens is 3. The molecule has 2 saturated heterocycles. The minimum absolute atomic E-state index is 0.178. The number of alkyl halides is 3. The molecule has 2 fully saturated rings. The second kappa shape index (κ2) is 9.85. The molecule has 32 heavy (non-hydrogen) atoms. The van der Waals surface area contributed by atoms with Crippen LogP contribution < -0.4 is 4.74 Å². The van der Waals surface area contributed by atoms with Crippen LogP contribution in [0.2, 0.25) is 0 Å². The van der Waals surface area contributed by atoms with Crippen molar-refractivity contribution < 1.29 is 42.1 Å². The minimum atomic E-state index is -4.79. The maximum Gasteiger partial charge on any atom is 0.573 e. The number of urea groups is 1. The first-order chi connectivity index (χ1) is 15.1. The first-order valence-corrected chi connectivity index (χ1v) is 10.4. The molecule has 0 radical (unpaired) electrons. The topological polar surface area (TPSA) is 88.5 Å². The van der Waals surface area contributed by atoms with Crippen LogP contribution >= 0.6 is 0 Å². The number of aliphatic hydroxyl groups excluding tert-OH is 1. The first kappa shape index (κ1) is 24.0. The fourth-order valence-corrected chi connectivity index (χ4v) is 4.14. The predicted molar refractivity (Wildman–Crippen MR) is 106 cm³/mol. The number of carbonyl (C=O) groups is 2. The summed E-state index contributed by atoms with van der Waals surface area (Å²) in [7, 11) is 1.19. The molecule has 2 unspecified atom stereocenters. The van der Waals surface area contributed by atoms with E-state index in [4.69, 9.17) is 4.74 Å². The lowest BCUT2D eigenvalue weighted by Crippen LogP contribution is -2.53. The quantitative estimate of drug-likeness (QED) is 0.696.